The van der Waals surface area contributed by atoms with Crippen LogP contribution in [0.15, 0.2) is 47.5 Å². The Kier molecular flexibility index (Phi) is 7.52. The summed E-state index contributed by atoms with van der Waals surface area (Å²) in [6.45, 7) is 6.64. The fourth-order valence-electron chi connectivity index (χ4n) is 3.09. The molecule has 0 bridgehead atoms. The lowest BCUT2D eigenvalue weighted by atomic mass is 10.1. The summed E-state index contributed by atoms with van der Waals surface area (Å²) in [5.41, 5.74) is 2.50. The number of hydrogen-bond donors (Lipinski definition) is 0. The number of anilines is 1. The molecule has 6 nitrogen and oxygen atoms in total. The van der Waals surface area contributed by atoms with Crippen LogP contribution in [-0.4, -0.2) is 60.3 Å². The first-order valence-corrected chi connectivity index (χ1v) is 10.8. The van der Waals surface area contributed by atoms with Crippen LogP contribution in [0.2, 0.25) is 0 Å². The summed E-state index contributed by atoms with van der Waals surface area (Å²) in [6.07, 6.45) is 2.06. The number of thioether (sulfide) groups is 1. The summed E-state index contributed by atoms with van der Waals surface area (Å²) in [6, 6.07) is 12.1. The number of benzene rings is 1. The molecule has 2 heterocycles. The van der Waals surface area contributed by atoms with E-state index in [0.717, 1.165) is 23.8 Å². The maximum atomic E-state index is 12.3. The Hall–Kier alpha value is -2.54. The van der Waals surface area contributed by atoms with Gasteiger partial charge in [0.05, 0.1) is 6.42 Å². The van der Waals surface area contributed by atoms with Crippen molar-refractivity contribution < 1.29 is 14.3 Å². The van der Waals surface area contributed by atoms with Gasteiger partial charge >= 0.3 is 5.97 Å². The molecule has 0 aliphatic carbocycles. The van der Waals surface area contributed by atoms with Crippen LogP contribution in [0.25, 0.3) is 0 Å². The number of rotatable bonds is 7. The summed E-state index contributed by atoms with van der Waals surface area (Å²) in [5.74, 6) is 1.09. The van der Waals surface area contributed by atoms with Crippen molar-refractivity contribution in [2.45, 2.75) is 25.2 Å². The highest BCUT2D eigenvalue weighted by Gasteiger charge is 2.22. The summed E-state index contributed by atoms with van der Waals surface area (Å²) < 4.78 is 5.18. The van der Waals surface area contributed by atoms with Gasteiger partial charge < -0.3 is 14.5 Å². The van der Waals surface area contributed by atoms with Crippen molar-refractivity contribution in [2.75, 3.05) is 43.4 Å². The van der Waals surface area contributed by atoms with Crippen molar-refractivity contribution >= 4 is 29.5 Å². The van der Waals surface area contributed by atoms with Gasteiger partial charge in [-0.25, -0.2) is 4.98 Å². The molecule has 1 saturated heterocycles. The average Bonchev–Trinajstić information content (AvgIpc) is 2.75. The third-order valence-electron chi connectivity index (χ3n) is 5.02. The molecule has 0 spiro atoms. The molecule has 2 aromatic rings. The SMILES string of the molecule is Cc1ccc(SCCC(=O)OCC(=O)N2CCN(c3ccccn3)CC2)cc1C. The Bertz CT molecular complexity index is 836. The highest BCUT2D eigenvalue weighted by atomic mass is 32.2. The molecule has 0 unspecified atom stereocenters. The molecule has 1 amide bonds. The number of aromatic nitrogens is 1. The molecule has 0 saturated carbocycles. The molecule has 7 heteroatoms. The zero-order valence-corrected chi connectivity index (χ0v) is 17.8. The van der Waals surface area contributed by atoms with Crippen molar-refractivity contribution in [1.29, 1.82) is 0 Å². The smallest absolute Gasteiger partial charge is 0.307 e. The first-order valence-electron chi connectivity index (χ1n) is 9.82. The third-order valence-corrected chi connectivity index (χ3v) is 6.01. The molecule has 3 rings (SSSR count). The van der Waals surface area contributed by atoms with Crippen LogP contribution in [0.5, 0.6) is 0 Å². The van der Waals surface area contributed by atoms with Gasteiger partial charge in [0.2, 0.25) is 0 Å². The van der Waals surface area contributed by atoms with Gasteiger partial charge in [0.15, 0.2) is 6.61 Å². The lowest BCUT2D eigenvalue weighted by molar-refractivity contribution is -0.151. The predicted octanol–water partition coefficient (Wildman–Crippen LogP) is 3.07. The van der Waals surface area contributed by atoms with Crippen molar-refractivity contribution in [3.63, 3.8) is 0 Å². The molecule has 1 aromatic heterocycles. The van der Waals surface area contributed by atoms with Gasteiger partial charge in [0.1, 0.15) is 5.82 Å². The number of carbonyl (C=O) groups is 2. The van der Waals surface area contributed by atoms with Gasteiger partial charge in [-0.05, 0) is 49.2 Å². The van der Waals surface area contributed by atoms with E-state index in [1.165, 1.54) is 11.1 Å². The topological polar surface area (TPSA) is 62.7 Å². The van der Waals surface area contributed by atoms with Crippen LogP contribution in [0.3, 0.4) is 0 Å². The molecule has 1 aromatic carbocycles. The van der Waals surface area contributed by atoms with Crippen LogP contribution in [-0.2, 0) is 14.3 Å². The molecule has 1 aliphatic rings. The summed E-state index contributed by atoms with van der Waals surface area (Å²) in [5, 5.41) is 0. The Labute approximate surface area is 176 Å². The van der Waals surface area contributed by atoms with Gasteiger partial charge in [-0.15, -0.1) is 11.8 Å². The van der Waals surface area contributed by atoms with Gasteiger partial charge in [0, 0.05) is 43.0 Å². The van der Waals surface area contributed by atoms with Crippen LogP contribution < -0.4 is 4.90 Å². The zero-order chi connectivity index (χ0) is 20.6. The van der Waals surface area contributed by atoms with E-state index < -0.39 is 0 Å². The first kappa shape index (κ1) is 21.2. The lowest BCUT2D eigenvalue weighted by Crippen LogP contribution is -2.50. The minimum Gasteiger partial charge on any atom is -0.456 e. The van der Waals surface area contributed by atoms with Gasteiger partial charge in [-0.1, -0.05) is 12.1 Å². The maximum absolute atomic E-state index is 12.3. The second-order valence-corrected chi connectivity index (χ2v) is 8.23. The monoisotopic (exact) mass is 413 g/mol. The van der Waals surface area contributed by atoms with E-state index in [1.54, 1.807) is 22.9 Å². The number of amides is 1. The fourth-order valence-corrected chi connectivity index (χ4v) is 4.02. The number of piperazine rings is 1. The molecule has 0 N–H and O–H groups in total. The number of nitrogens with zero attached hydrogens (tertiary/aromatic N) is 3. The molecule has 1 aliphatic heterocycles. The second-order valence-electron chi connectivity index (χ2n) is 7.06. The predicted molar refractivity (Wildman–Crippen MR) is 115 cm³/mol. The Morgan fingerprint density at radius 1 is 1.07 bits per heavy atom. The molecular weight excluding hydrogens is 386 g/mol. The van der Waals surface area contributed by atoms with Crippen molar-refractivity contribution in [2.24, 2.45) is 0 Å². The largest absolute Gasteiger partial charge is 0.456 e. The number of carbonyl (C=O) groups excluding carboxylic acids is 2. The fraction of sp³-hybridized carbons (Fsp3) is 0.409. The van der Waals surface area contributed by atoms with E-state index in [9.17, 15) is 9.59 Å². The maximum Gasteiger partial charge on any atom is 0.307 e. The molecule has 0 atom stereocenters. The quantitative estimate of drug-likeness (QED) is 0.514. The van der Waals surface area contributed by atoms with E-state index >= 15 is 0 Å². The average molecular weight is 414 g/mol. The van der Waals surface area contributed by atoms with Crippen LogP contribution in [0.4, 0.5) is 5.82 Å². The molecule has 0 radical (unpaired) electrons. The first-order chi connectivity index (χ1) is 14.0. The number of hydrogen-bond acceptors (Lipinski definition) is 6. The molecule has 29 heavy (non-hydrogen) atoms. The van der Waals surface area contributed by atoms with Crippen molar-refractivity contribution in [1.82, 2.24) is 9.88 Å². The number of esters is 1. The second kappa shape index (κ2) is 10.3. The number of aryl methyl sites for hydroxylation is 2. The minimum absolute atomic E-state index is 0.138. The van der Waals surface area contributed by atoms with Gasteiger partial charge in [-0.3, -0.25) is 9.59 Å². The van der Waals surface area contributed by atoms with Gasteiger partial charge in [0.25, 0.3) is 5.91 Å². The van der Waals surface area contributed by atoms with E-state index in [1.807, 2.05) is 18.2 Å². The number of ether oxygens (including phenoxy) is 1. The zero-order valence-electron chi connectivity index (χ0n) is 17.0. The Morgan fingerprint density at radius 2 is 1.86 bits per heavy atom. The van der Waals surface area contributed by atoms with E-state index in [2.05, 4.69) is 41.9 Å². The number of pyridine rings is 1. The van der Waals surface area contributed by atoms with Crippen LogP contribution in [0, 0.1) is 13.8 Å². The minimum atomic E-state index is -0.332. The summed E-state index contributed by atoms with van der Waals surface area (Å²) in [4.78, 5) is 33.7. The standard InChI is InChI=1S/C22H27N3O3S/c1-17-6-7-19(15-18(17)2)29-14-8-22(27)28-16-21(26)25-12-10-24(11-13-25)20-5-3-4-9-23-20/h3-7,9,15H,8,10-14,16H2,1-2H3. The van der Waals surface area contributed by atoms with E-state index in [4.69, 9.17) is 4.74 Å². The third kappa shape index (κ3) is 6.22. The highest BCUT2D eigenvalue weighted by molar-refractivity contribution is 7.99. The summed E-state index contributed by atoms with van der Waals surface area (Å²) in [7, 11) is 0. The van der Waals surface area contributed by atoms with Gasteiger partial charge in [-0.2, -0.15) is 0 Å². The van der Waals surface area contributed by atoms with E-state index in [0.29, 0.717) is 25.3 Å². The summed E-state index contributed by atoms with van der Waals surface area (Å²) >= 11 is 1.62. The molecule has 1 fully saturated rings. The van der Waals surface area contributed by atoms with Crippen LogP contribution >= 0.6 is 11.8 Å². The Morgan fingerprint density at radius 3 is 2.55 bits per heavy atom. The van der Waals surface area contributed by atoms with Crippen molar-refractivity contribution in [3.8, 4) is 0 Å². The molecular formula is C22H27N3O3S. The molecule has 154 valence electrons. The van der Waals surface area contributed by atoms with E-state index in [-0.39, 0.29) is 18.5 Å². The highest BCUT2D eigenvalue weighted by Crippen LogP contribution is 2.21. The van der Waals surface area contributed by atoms with Crippen molar-refractivity contribution in [3.05, 3.63) is 53.7 Å². The lowest BCUT2D eigenvalue weighted by Gasteiger charge is -2.35. The van der Waals surface area contributed by atoms with Crippen LogP contribution in [0.1, 0.15) is 17.5 Å². The normalized spacial score (nSPS) is 14.0. The Balaban J connectivity index is 1.34.